The molecule has 0 unspecified atom stereocenters. The van der Waals surface area contributed by atoms with Crippen molar-refractivity contribution in [3.05, 3.63) is 0 Å². The Kier molecular flexibility index (Phi) is 7.60. The zero-order chi connectivity index (χ0) is 11.7. The molecule has 0 aliphatic heterocycles. The minimum absolute atomic E-state index is 0.101. The lowest BCUT2D eigenvalue weighted by atomic mass is 10.3. The Morgan fingerprint density at radius 2 is 2.00 bits per heavy atom. The zero-order valence-electron chi connectivity index (χ0n) is 9.44. The van der Waals surface area contributed by atoms with E-state index < -0.39 is 5.97 Å². The molecule has 0 aromatic heterocycles. The summed E-state index contributed by atoms with van der Waals surface area (Å²) < 4.78 is 0. The molecule has 0 radical (unpaired) electrons. The van der Waals surface area contributed by atoms with Crippen LogP contribution in [0.2, 0.25) is 0 Å². The van der Waals surface area contributed by atoms with Crippen LogP contribution < -0.4 is 0 Å². The van der Waals surface area contributed by atoms with Crippen molar-refractivity contribution in [3.8, 4) is 6.07 Å². The summed E-state index contributed by atoms with van der Waals surface area (Å²) in [5.74, 6) is -0.814. The van der Waals surface area contributed by atoms with Crippen LogP contribution in [0.15, 0.2) is 0 Å². The number of aliphatic carboxylic acids is 1. The van der Waals surface area contributed by atoms with Crippen LogP contribution in [0.4, 0.5) is 0 Å². The first-order valence-corrected chi connectivity index (χ1v) is 5.02. The second-order valence-electron chi connectivity index (χ2n) is 3.73. The molecular weight excluding hydrogens is 194 g/mol. The molecule has 0 saturated heterocycles. The number of nitriles is 1. The number of nitrogens with zero attached hydrogens (tertiary/aromatic N) is 3. The fourth-order valence-electron chi connectivity index (χ4n) is 1.23. The van der Waals surface area contributed by atoms with E-state index in [-0.39, 0.29) is 6.42 Å². The van der Waals surface area contributed by atoms with Gasteiger partial charge in [-0.25, -0.2) is 0 Å². The Labute approximate surface area is 90.9 Å². The number of hydrogen-bond donors (Lipinski definition) is 1. The molecule has 0 spiro atoms. The van der Waals surface area contributed by atoms with Gasteiger partial charge in [-0.15, -0.1) is 0 Å². The Balaban J connectivity index is 3.73. The van der Waals surface area contributed by atoms with Gasteiger partial charge >= 0.3 is 5.97 Å². The summed E-state index contributed by atoms with van der Waals surface area (Å²) in [4.78, 5) is 14.3. The average molecular weight is 213 g/mol. The second-order valence-corrected chi connectivity index (χ2v) is 3.73. The number of rotatable bonds is 8. The molecule has 0 bridgehead atoms. The van der Waals surface area contributed by atoms with Gasteiger partial charge in [0.25, 0.3) is 0 Å². The molecule has 0 saturated carbocycles. The summed E-state index contributed by atoms with van der Waals surface area (Å²) in [5, 5.41) is 17.1. The third kappa shape index (κ3) is 9.19. The molecule has 5 heteroatoms. The predicted molar refractivity (Wildman–Crippen MR) is 57.5 cm³/mol. The molecule has 0 aromatic rings. The Hall–Kier alpha value is -1.12. The number of hydrogen-bond acceptors (Lipinski definition) is 4. The molecule has 0 rings (SSSR count). The molecule has 0 aliphatic carbocycles. The van der Waals surface area contributed by atoms with Crippen LogP contribution in [-0.4, -0.2) is 61.2 Å². The normalized spacial score (nSPS) is 10.6. The highest BCUT2D eigenvalue weighted by Gasteiger charge is 2.06. The quantitative estimate of drug-likeness (QED) is 0.585. The van der Waals surface area contributed by atoms with Gasteiger partial charge in [0.1, 0.15) is 0 Å². The molecular formula is C10H19N3O2. The minimum Gasteiger partial charge on any atom is -0.481 e. The van der Waals surface area contributed by atoms with Crippen LogP contribution >= 0.6 is 0 Å². The standard InChI is InChI=1S/C10H19N3O2/c1-12(2)6-3-7-13(9-5-11)8-4-10(14)15/h3-4,6-9H2,1-2H3,(H,14,15). The van der Waals surface area contributed by atoms with Gasteiger partial charge in [-0.3, -0.25) is 9.69 Å². The maximum atomic E-state index is 10.4. The van der Waals surface area contributed by atoms with Crippen LogP contribution in [0.25, 0.3) is 0 Å². The fourth-order valence-corrected chi connectivity index (χ4v) is 1.23. The highest BCUT2D eigenvalue weighted by atomic mass is 16.4. The number of carboxylic acids is 1. The van der Waals surface area contributed by atoms with Crippen molar-refractivity contribution in [2.75, 3.05) is 40.3 Å². The summed E-state index contributed by atoms with van der Waals surface area (Å²) >= 11 is 0. The van der Waals surface area contributed by atoms with E-state index in [4.69, 9.17) is 10.4 Å². The minimum atomic E-state index is -0.814. The summed E-state index contributed by atoms with van der Waals surface area (Å²) in [6.07, 6.45) is 1.05. The number of carbonyl (C=O) groups is 1. The van der Waals surface area contributed by atoms with Gasteiger partial charge in [-0.05, 0) is 27.1 Å². The van der Waals surface area contributed by atoms with E-state index in [0.717, 1.165) is 19.5 Å². The van der Waals surface area contributed by atoms with Crippen LogP contribution in [0.1, 0.15) is 12.8 Å². The first-order chi connectivity index (χ1) is 7.06. The first kappa shape index (κ1) is 13.9. The molecule has 0 heterocycles. The molecule has 1 N–H and O–H groups in total. The lowest BCUT2D eigenvalue weighted by molar-refractivity contribution is -0.137. The maximum Gasteiger partial charge on any atom is 0.304 e. The SMILES string of the molecule is CN(C)CCCN(CC#N)CCC(=O)O. The molecule has 15 heavy (non-hydrogen) atoms. The third-order valence-corrected chi connectivity index (χ3v) is 2.02. The van der Waals surface area contributed by atoms with Crippen LogP contribution in [-0.2, 0) is 4.79 Å². The Morgan fingerprint density at radius 3 is 2.47 bits per heavy atom. The zero-order valence-corrected chi connectivity index (χ0v) is 9.44. The van der Waals surface area contributed by atoms with Gasteiger partial charge in [0.2, 0.25) is 0 Å². The number of carboxylic acid groups (broad SMARTS) is 1. The first-order valence-electron chi connectivity index (χ1n) is 5.02. The average Bonchev–Trinajstić information content (AvgIpc) is 2.13. The van der Waals surface area contributed by atoms with Crippen LogP contribution in [0.3, 0.4) is 0 Å². The van der Waals surface area contributed by atoms with E-state index in [1.54, 1.807) is 0 Å². The highest BCUT2D eigenvalue weighted by molar-refractivity contribution is 5.66. The molecule has 0 aromatic carbocycles. The third-order valence-electron chi connectivity index (χ3n) is 2.02. The Bertz CT molecular complexity index is 223. The van der Waals surface area contributed by atoms with Crippen molar-refractivity contribution in [3.63, 3.8) is 0 Å². The van der Waals surface area contributed by atoms with Crippen molar-refractivity contribution in [2.24, 2.45) is 0 Å². The van der Waals surface area contributed by atoms with Gasteiger partial charge in [-0.2, -0.15) is 5.26 Å². The molecule has 86 valence electrons. The van der Waals surface area contributed by atoms with E-state index in [0.29, 0.717) is 13.1 Å². The topological polar surface area (TPSA) is 67.6 Å². The van der Waals surface area contributed by atoms with Gasteiger partial charge in [0.05, 0.1) is 19.0 Å². The monoisotopic (exact) mass is 213 g/mol. The Morgan fingerprint density at radius 1 is 1.33 bits per heavy atom. The molecule has 0 amide bonds. The van der Waals surface area contributed by atoms with Crippen molar-refractivity contribution in [2.45, 2.75) is 12.8 Å². The van der Waals surface area contributed by atoms with Crippen molar-refractivity contribution < 1.29 is 9.90 Å². The largest absolute Gasteiger partial charge is 0.481 e. The maximum absolute atomic E-state index is 10.4. The summed E-state index contributed by atoms with van der Waals surface area (Å²) in [6, 6.07) is 2.05. The van der Waals surface area contributed by atoms with E-state index in [9.17, 15) is 4.79 Å². The van der Waals surface area contributed by atoms with Crippen molar-refractivity contribution in [1.29, 1.82) is 5.26 Å². The van der Waals surface area contributed by atoms with Gasteiger partial charge in [-0.1, -0.05) is 0 Å². The van der Waals surface area contributed by atoms with Crippen molar-refractivity contribution in [1.82, 2.24) is 9.80 Å². The van der Waals surface area contributed by atoms with Crippen molar-refractivity contribution >= 4 is 5.97 Å². The van der Waals surface area contributed by atoms with Gasteiger partial charge < -0.3 is 10.0 Å². The lowest BCUT2D eigenvalue weighted by Gasteiger charge is -2.19. The van der Waals surface area contributed by atoms with E-state index >= 15 is 0 Å². The van der Waals surface area contributed by atoms with E-state index in [1.807, 2.05) is 25.1 Å². The van der Waals surface area contributed by atoms with Crippen LogP contribution in [0, 0.1) is 11.3 Å². The summed E-state index contributed by atoms with van der Waals surface area (Å²) in [5.41, 5.74) is 0. The highest BCUT2D eigenvalue weighted by Crippen LogP contribution is 1.95. The molecule has 0 aliphatic rings. The van der Waals surface area contributed by atoms with E-state index in [1.165, 1.54) is 0 Å². The van der Waals surface area contributed by atoms with Gasteiger partial charge in [0.15, 0.2) is 0 Å². The summed E-state index contributed by atoms with van der Waals surface area (Å²) in [7, 11) is 3.98. The van der Waals surface area contributed by atoms with Gasteiger partial charge in [0, 0.05) is 13.1 Å². The molecule has 0 fully saturated rings. The lowest BCUT2D eigenvalue weighted by Crippen LogP contribution is -2.29. The predicted octanol–water partition coefficient (Wildman–Crippen LogP) is 0.238. The smallest absolute Gasteiger partial charge is 0.304 e. The molecule has 5 nitrogen and oxygen atoms in total. The van der Waals surface area contributed by atoms with E-state index in [2.05, 4.69) is 4.90 Å². The fraction of sp³-hybridized carbons (Fsp3) is 0.800. The second kappa shape index (κ2) is 8.21. The molecule has 0 atom stereocenters. The summed E-state index contributed by atoms with van der Waals surface area (Å²) in [6.45, 7) is 2.49. The van der Waals surface area contributed by atoms with Crippen LogP contribution in [0.5, 0.6) is 0 Å².